The number of rotatable bonds is 5. The quantitative estimate of drug-likeness (QED) is 0.351. The Kier molecular flexibility index (Phi) is 11.1. The molecule has 10 nitrogen and oxygen atoms in total. The minimum Gasteiger partial charge on any atom is -0.490 e. The highest BCUT2D eigenvalue weighted by molar-refractivity contribution is 7.99. The van der Waals surface area contributed by atoms with E-state index in [4.69, 9.17) is 16.3 Å². The standard InChI is InChI=1S/C41H57ClN4O6S/c1-28-6-4-16-41(50,26-45-20-18-44(19-21-45)17-14-38(47)48)35-11-8-32(35)24-46-25-40(15-5-7-30-22-33(42)10-12-34(30)40)27-52-37-13-9-31(23-36(37)46)39(49)43-53(3,51)29(28)2/h9-10,12-13,22-23,28-29,32,35,50H,3-8,11,14-21,24-27H2,1-2H3,(H,47,48)(H,43,49,51)/t28-,29+,32-,35+,40-,41+,53?/m0/s1. The van der Waals surface area contributed by atoms with E-state index in [2.05, 4.69) is 44.3 Å². The van der Waals surface area contributed by atoms with E-state index < -0.39 is 27.2 Å². The monoisotopic (exact) mass is 768 g/mol. The number of piperazine rings is 1. The van der Waals surface area contributed by atoms with E-state index in [-0.39, 0.29) is 34.8 Å². The summed E-state index contributed by atoms with van der Waals surface area (Å²) in [6, 6.07) is 11.8. The van der Waals surface area contributed by atoms with Gasteiger partial charge in [-0.3, -0.25) is 19.2 Å². The zero-order chi connectivity index (χ0) is 37.5. The van der Waals surface area contributed by atoms with Crippen molar-refractivity contribution < 1.29 is 28.7 Å². The maximum atomic E-state index is 14.0. The molecule has 7 atom stereocenters. The van der Waals surface area contributed by atoms with Crippen LogP contribution in [0.15, 0.2) is 36.4 Å². The molecule has 0 radical (unpaired) electrons. The van der Waals surface area contributed by atoms with Crippen molar-refractivity contribution in [2.45, 2.75) is 87.9 Å². The number of carbonyl (C=O) groups excluding carboxylic acids is 1. The number of β-amino-alcohol motifs (C(OH)–C–C–N with tert-alkyl or cyclic N) is 1. The molecule has 1 amide bonds. The van der Waals surface area contributed by atoms with E-state index in [1.807, 2.05) is 25.1 Å². The number of aryl methyl sites for hydroxylation is 1. The highest BCUT2D eigenvalue weighted by Gasteiger charge is 2.49. The van der Waals surface area contributed by atoms with Crippen LogP contribution in [-0.2, 0) is 26.3 Å². The lowest BCUT2D eigenvalue weighted by atomic mass is 9.62. The first-order valence-electron chi connectivity index (χ1n) is 19.6. The van der Waals surface area contributed by atoms with Gasteiger partial charge in [0, 0.05) is 73.6 Å². The Morgan fingerprint density at radius 3 is 2.57 bits per heavy atom. The fourth-order valence-electron chi connectivity index (χ4n) is 9.88. The molecule has 290 valence electrons. The van der Waals surface area contributed by atoms with Gasteiger partial charge in [0.25, 0.3) is 5.91 Å². The number of carbonyl (C=O) groups is 2. The fourth-order valence-corrected chi connectivity index (χ4v) is 11.6. The Morgan fingerprint density at radius 1 is 1.06 bits per heavy atom. The number of nitrogens with zero attached hydrogens (tertiary/aromatic N) is 3. The first kappa shape index (κ1) is 38.4. The van der Waals surface area contributed by atoms with E-state index in [1.54, 1.807) is 6.07 Å². The molecule has 2 aromatic rings. The van der Waals surface area contributed by atoms with Crippen LogP contribution < -0.4 is 14.4 Å². The van der Waals surface area contributed by atoms with Crippen LogP contribution in [0.25, 0.3) is 0 Å². The van der Waals surface area contributed by atoms with Crippen LogP contribution in [-0.4, -0.2) is 112 Å². The second kappa shape index (κ2) is 15.4. The SMILES string of the molecule is C=S1(=O)NC(=O)c2ccc3c(c2)N(C[C@@H]2CC[C@H]2[C@](O)(CN2CCN(CCC(=O)O)CC2)CCC[C@H](C)[C@H]1C)C[C@@]1(CCCc2cc(Cl)ccc21)CO3. The van der Waals surface area contributed by atoms with E-state index in [9.17, 15) is 24.0 Å². The smallest absolute Gasteiger partial charge is 0.304 e. The molecular weight excluding hydrogens is 712 g/mol. The fraction of sp³-hybridized carbons (Fsp3) is 0.634. The number of nitrogens with one attached hydrogen (secondary N) is 1. The predicted molar refractivity (Wildman–Crippen MR) is 212 cm³/mol. The Morgan fingerprint density at radius 2 is 1.83 bits per heavy atom. The maximum absolute atomic E-state index is 14.0. The van der Waals surface area contributed by atoms with Gasteiger partial charge in [-0.25, -0.2) is 4.21 Å². The number of fused-ring (bicyclic) bond motifs is 4. The van der Waals surface area contributed by atoms with E-state index in [0.717, 1.165) is 94.1 Å². The average molecular weight is 769 g/mol. The molecule has 0 aromatic heterocycles. The molecule has 5 aliphatic rings. The zero-order valence-corrected chi connectivity index (χ0v) is 32.9. The predicted octanol–water partition coefficient (Wildman–Crippen LogP) is 5.23. The Bertz CT molecular complexity index is 1800. The van der Waals surface area contributed by atoms with Crippen molar-refractivity contribution in [3.8, 4) is 5.75 Å². The number of hydrogen-bond donors (Lipinski definition) is 3. The van der Waals surface area contributed by atoms with Crippen LogP contribution in [0.1, 0.15) is 86.7 Å². The van der Waals surface area contributed by atoms with Gasteiger partial charge in [-0.2, -0.15) is 0 Å². The van der Waals surface area contributed by atoms with E-state index in [0.29, 0.717) is 38.2 Å². The number of amides is 1. The molecular formula is C41H57ClN4O6S. The van der Waals surface area contributed by atoms with Gasteiger partial charge in [0.15, 0.2) is 0 Å². The van der Waals surface area contributed by atoms with Crippen LogP contribution in [0.2, 0.25) is 5.02 Å². The summed E-state index contributed by atoms with van der Waals surface area (Å²) in [6.45, 7) is 10.2. The minimum atomic E-state index is -2.98. The minimum absolute atomic E-state index is 0.0211. The molecule has 12 heteroatoms. The molecule has 2 aliphatic carbocycles. The van der Waals surface area contributed by atoms with Crippen molar-refractivity contribution in [3.63, 3.8) is 0 Å². The second-order valence-electron chi connectivity index (χ2n) is 16.8. The highest BCUT2D eigenvalue weighted by atomic mass is 35.5. The molecule has 3 aliphatic heterocycles. The Balaban J connectivity index is 1.23. The molecule has 3 N–H and O–H groups in total. The van der Waals surface area contributed by atoms with Gasteiger partial charge in [0.2, 0.25) is 0 Å². The number of ether oxygens (including phenoxy) is 1. The van der Waals surface area contributed by atoms with Gasteiger partial charge in [-0.15, -0.1) is 0 Å². The number of halogens is 1. The number of aliphatic carboxylic acids is 1. The molecule has 1 saturated heterocycles. The normalized spacial score (nSPS) is 34.2. The molecule has 1 unspecified atom stereocenters. The summed E-state index contributed by atoms with van der Waals surface area (Å²) >= 11 is 6.49. The van der Waals surface area contributed by atoms with E-state index >= 15 is 0 Å². The molecule has 1 spiro atoms. The van der Waals surface area contributed by atoms with Gasteiger partial charge < -0.3 is 24.7 Å². The molecule has 7 rings (SSSR count). The summed E-state index contributed by atoms with van der Waals surface area (Å²) in [5, 5.41) is 22.4. The number of anilines is 1. The maximum Gasteiger partial charge on any atom is 0.304 e. The van der Waals surface area contributed by atoms with Gasteiger partial charge in [0.05, 0.1) is 34.0 Å². The van der Waals surface area contributed by atoms with Gasteiger partial charge >= 0.3 is 5.97 Å². The lowest BCUT2D eigenvalue weighted by molar-refractivity contribution is -0.137. The summed E-state index contributed by atoms with van der Waals surface area (Å²) in [4.78, 5) is 31.9. The van der Waals surface area contributed by atoms with Crippen LogP contribution in [0.3, 0.4) is 0 Å². The third-order valence-corrected chi connectivity index (χ3v) is 15.8. The number of benzene rings is 2. The number of hydrogen-bond acceptors (Lipinski definition) is 8. The third kappa shape index (κ3) is 8.11. The van der Waals surface area contributed by atoms with Crippen LogP contribution >= 0.6 is 11.6 Å². The average Bonchev–Trinajstić information content (AvgIpc) is 3.25. The molecule has 2 fully saturated rings. The number of carboxylic acid groups (broad SMARTS) is 1. The summed E-state index contributed by atoms with van der Waals surface area (Å²) in [7, 11) is -2.98. The second-order valence-corrected chi connectivity index (χ2v) is 19.7. The number of carboxylic acids is 1. The summed E-state index contributed by atoms with van der Waals surface area (Å²) < 4.78 is 23.5. The van der Waals surface area contributed by atoms with Crippen molar-refractivity contribution >= 4 is 44.7 Å². The van der Waals surface area contributed by atoms with Crippen LogP contribution in [0.4, 0.5) is 5.69 Å². The summed E-state index contributed by atoms with van der Waals surface area (Å²) in [5.41, 5.74) is 2.63. The van der Waals surface area contributed by atoms with Gasteiger partial charge in [-0.1, -0.05) is 31.0 Å². The number of aliphatic hydroxyl groups is 1. The van der Waals surface area contributed by atoms with Gasteiger partial charge in [-0.05, 0) is 117 Å². The van der Waals surface area contributed by atoms with E-state index in [1.165, 1.54) is 11.1 Å². The van der Waals surface area contributed by atoms with Crippen LogP contribution in [0.5, 0.6) is 5.75 Å². The molecule has 53 heavy (non-hydrogen) atoms. The highest BCUT2D eigenvalue weighted by Crippen LogP contribution is 2.49. The zero-order valence-electron chi connectivity index (χ0n) is 31.4. The summed E-state index contributed by atoms with van der Waals surface area (Å²) in [5.74, 6) is 3.96. The van der Waals surface area contributed by atoms with Crippen molar-refractivity contribution in [1.29, 1.82) is 0 Å². The van der Waals surface area contributed by atoms with Crippen molar-refractivity contribution in [3.05, 3.63) is 58.1 Å². The third-order valence-electron chi connectivity index (χ3n) is 13.4. The van der Waals surface area contributed by atoms with Crippen molar-refractivity contribution in [1.82, 2.24) is 14.5 Å². The molecule has 1 saturated carbocycles. The largest absolute Gasteiger partial charge is 0.490 e. The Hall–Kier alpha value is -2.83. The first-order valence-corrected chi connectivity index (χ1v) is 21.8. The van der Waals surface area contributed by atoms with Crippen molar-refractivity contribution in [2.24, 2.45) is 17.8 Å². The lowest BCUT2D eigenvalue weighted by Crippen LogP contribution is -2.59. The lowest BCUT2D eigenvalue weighted by Gasteiger charge is -2.52. The molecule has 2 bridgehead atoms. The molecule has 3 heterocycles. The molecule has 2 aromatic carbocycles. The first-order chi connectivity index (χ1) is 25.2. The van der Waals surface area contributed by atoms with Gasteiger partial charge in [0.1, 0.15) is 5.75 Å². The van der Waals surface area contributed by atoms with Crippen LogP contribution in [0, 0.1) is 17.8 Å². The summed E-state index contributed by atoms with van der Waals surface area (Å²) in [6.07, 6.45) is 7.24. The van der Waals surface area contributed by atoms with Crippen molar-refractivity contribution in [2.75, 3.05) is 63.9 Å². The topological polar surface area (TPSA) is 123 Å². The Labute approximate surface area is 320 Å².